The first-order chi connectivity index (χ1) is 25.1. The average Bonchev–Trinajstić information content (AvgIpc) is 3.09. The predicted octanol–water partition coefficient (Wildman–Crippen LogP) is 12.2. The highest BCUT2D eigenvalue weighted by molar-refractivity contribution is 7.47. The van der Waals surface area contributed by atoms with Gasteiger partial charge in [0, 0.05) is 13.0 Å². The van der Waals surface area contributed by atoms with Crippen LogP contribution in [0.5, 0.6) is 0 Å². The van der Waals surface area contributed by atoms with E-state index < -0.39 is 13.9 Å². The van der Waals surface area contributed by atoms with E-state index in [0.29, 0.717) is 24.1 Å². The van der Waals surface area contributed by atoms with Crippen LogP contribution < -0.4 is 0 Å². The van der Waals surface area contributed by atoms with E-state index >= 15 is 0 Å². The fourth-order valence-corrected chi connectivity index (χ4v) is 6.33. The third kappa shape index (κ3) is 39.9. The van der Waals surface area contributed by atoms with Crippen LogP contribution in [-0.2, 0) is 27.9 Å². The zero-order chi connectivity index (χ0) is 38.4. The fraction of sp³-hybridized carbons (Fsp3) is 0.837. The summed E-state index contributed by atoms with van der Waals surface area (Å²) in [5.41, 5.74) is 0. The number of hydrogen-bond acceptors (Lipinski definition) is 6. The highest BCUT2D eigenvalue weighted by Crippen LogP contribution is 2.43. The molecule has 0 rings (SSSR count). The van der Waals surface area contributed by atoms with Gasteiger partial charge in [-0.1, -0.05) is 140 Å². The van der Waals surface area contributed by atoms with Crippen LogP contribution in [0.1, 0.15) is 174 Å². The Labute approximate surface area is 321 Å². The summed E-state index contributed by atoms with van der Waals surface area (Å²) in [6.45, 7) is 5.52. The first kappa shape index (κ1) is 50.7. The second-order valence-electron chi connectivity index (χ2n) is 15.4. The van der Waals surface area contributed by atoms with Crippen molar-refractivity contribution < 1.29 is 37.3 Å². The third-order valence-corrected chi connectivity index (χ3v) is 9.89. The number of phosphoric acid groups is 1. The van der Waals surface area contributed by atoms with Gasteiger partial charge in [0.1, 0.15) is 19.3 Å². The number of quaternary nitrogens is 1. The Morgan fingerprint density at radius 3 is 1.65 bits per heavy atom. The molecule has 0 saturated heterocycles. The molecular weight excluding hydrogens is 673 g/mol. The van der Waals surface area contributed by atoms with Crippen molar-refractivity contribution in [1.82, 2.24) is 0 Å². The minimum atomic E-state index is -4.28. The molecule has 0 aliphatic heterocycles. The van der Waals surface area contributed by atoms with Gasteiger partial charge in [-0.2, -0.15) is 0 Å². The molecule has 0 aromatic carbocycles. The molecule has 0 radical (unpaired) electrons. The number of likely N-dealkylation sites (N-methyl/N-ethyl adjacent to an activating group) is 1. The lowest BCUT2D eigenvalue weighted by molar-refractivity contribution is -0.870. The third-order valence-electron chi connectivity index (χ3n) is 8.90. The minimum Gasteiger partial charge on any atom is -0.457 e. The Kier molecular flexibility index (Phi) is 35.8. The molecular formula is C43H83NO7P+. The lowest BCUT2D eigenvalue weighted by Gasteiger charge is -2.24. The maximum Gasteiger partial charge on any atom is 0.472 e. The topological polar surface area (TPSA) is 91.3 Å². The van der Waals surface area contributed by atoms with Crippen molar-refractivity contribution in [2.24, 2.45) is 0 Å². The van der Waals surface area contributed by atoms with E-state index in [9.17, 15) is 14.3 Å². The summed E-state index contributed by atoms with van der Waals surface area (Å²) in [6.07, 6.45) is 41.7. The monoisotopic (exact) mass is 757 g/mol. The Morgan fingerprint density at radius 2 is 1.10 bits per heavy atom. The molecule has 0 spiro atoms. The Bertz CT molecular complexity index is 931. The number of phosphoric ester groups is 1. The molecule has 0 aromatic heterocycles. The van der Waals surface area contributed by atoms with E-state index in [1.165, 1.54) is 96.3 Å². The molecule has 0 fully saturated rings. The molecule has 9 heteroatoms. The quantitative estimate of drug-likeness (QED) is 0.0219. The molecule has 0 aliphatic rings. The number of carbonyl (C=O) groups is 1. The molecule has 2 atom stereocenters. The summed E-state index contributed by atoms with van der Waals surface area (Å²) >= 11 is 0. The zero-order valence-electron chi connectivity index (χ0n) is 34.5. The van der Waals surface area contributed by atoms with Gasteiger partial charge in [-0.25, -0.2) is 4.57 Å². The van der Waals surface area contributed by atoms with Crippen molar-refractivity contribution in [3.63, 3.8) is 0 Å². The summed E-state index contributed by atoms with van der Waals surface area (Å²) in [7, 11) is 1.65. The van der Waals surface area contributed by atoms with Crippen LogP contribution in [-0.4, -0.2) is 75.6 Å². The molecule has 0 bridgehead atoms. The molecule has 306 valence electrons. The van der Waals surface area contributed by atoms with E-state index in [1.807, 2.05) is 21.1 Å². The van der Waals surface area contributed by atoms with Crippen LogP contribution in [0, 0.1) is 0 Å². The maximum absolute atomic E-state index is 12.7. The van der Waals surface area contributed by atoms with E-state index in [4.69, 9.17) is 18.5 Å². The second kappa shape index (κ2) is 36.7. The number of ether oxygens (including phenoxy) is 2. The smallest absolute Gasteiger partial charge is 0.457 e. The summed E-state index contributed by atoms with van der Waals surface area (Å²) < 4.78 is 34.9. The number of nitrogens with zero attached hydrogens (tertiary/aromatic N) is 1. The van der Waals surface area contributed by atoms with Crippen molar-refractivity contribution in [2.75, 3.05) is 54.1 Å². The summed E-state index contributed by atoms with van der Waals surface area (Å²) in [5.74, 6) is -0.327. The van der Waals surface area contributed by atoms with Gasteiger partial charge < -0.3 is 18.9 Å². The summed E-state index contributed by atoms with van der Waals surface area (Å²) in [4.78, 5) is 22.8. The van der Waals surface area contributed by atoms with Crippen LogP contribution >= 0.6 is 7.82 Å². The second-order valence-corrected chi connectivity index (χ2v) is 16.8. The van der Waals surface area contributed by atoms with Gasteiger partial charge in [0.05, 0.1) is 34.4 Å². The predicted molar refractivity (Wildman–Crippen MR) is 220 cm³/mol. The van der Waals surface area contributed by atoms with E-state index in [1.54, 1.807) is 0 Å². The average molecular weight is 757 g/mol. The summed E-state index contributed by atoms with van der Waals surface area (Å²) in [6, 6.07) is 0. The van der Waals surface area contributed by atoms with Crippen LogP contribution in [0.25, 0.3) is 0 Å². The number of hydrogen-bond donors (Lipinski definition) is 1. The van der Waals surface area contributed by atoms with Crippen molar-refractivity contribution in [3.8, 4) is 0 Å². The largest absolute Gasteiger partial charge is 0.472 e. The number of esters is 1. The Hall–Kier alpha value is -1.28. The van der Waals surface area contributed by atoms with Gasteiger partial charge in [0.2, 0.25) is 0 Å². The SMILES string of the molecule is CCC/C=C\C/C=C\CCCCCCCCOCC(COP(=O)(O)OCC[N+](C)(C)C)OC(=O)CCCCCCC/C=C\CCCCCCCCC. The number of rotatable bonds is 39. The standard InChI is InChI=1S/C43H82NO7P/c1-6-8-10-12-14-16-18-20-22-23-24-26-28-30-32-34-36-43(45)51-42(41-50-52(46,47)49-39-37-44(3,4)5)40-48-38-35-33-31-29-27-25-21-19-17-15-13-11-9-7-2/h11,13,17,19,22-23,42H,6-10,12,14-16,18,20-21,24-41H2,1-5H3/p+1/b13-11-,19-17-,23-22-. The minimum absolute atomic E-state index is 0.0845. The highest BCUT2D eigenvalue weighted by atomic mass is 31.2. The van der Waals surface area contributed by atoms with Gasteiger partial charge >= 0.3 is 13.8 Å². The van der Waals surface area contributed by atoms with Gasteiger partial charge in [-0.05, 0) is 64.2 Å². The molecule has 1 N–H and O–H groups in total. The Morgan fingerprint density at radius 1 is 0.596 bits per heavy atom. The van der Waals surface area contributed by atoms with Crippen molar-refractivity contribution in [3.05, 3.63) is 36.5 Å². The lowest BCUT2D eigenvalue weighted by Crippen LogP contribution is -2.37. The molecule has 52 heavy (non-hydrogen) atoms. The van der Waals surface area contributed by atoms with Crippen LogP contribution in [0.4, 0.5) is 0 Å². The van der Waals surface area contributed by atoms with E-state index in [-0.39, 0.29) is 25.8 Å². The van der Waals surface area contributed by atoms with Crippen LogP contribution in [0.2, 0.25) is 0 Å². The molecule has 0 saturated carbocycles. The fourth-order valence-electron chi connectivity index (χ4n) is 5.58. The molecule has 0 aromatic rings. The van der Waals surface area contributed by atoms with Crippen molar-refractivity contribution in [2.45, 2.75) is 180 Å². The van der Waals surface area contributed by atoms with Crippen molar-refractivity contribution in [1.29, 1.82) is 0 Å². The summed E-state index contributed by atoms with van der Waals surface area (Å²) in [5, 5.41) is 0. The van der Waals surface area contributed by atoms with Gasteiger partial charge in [-0.3, -0.25) is 13.8 Å². The van der Waals surface area contributed by atoms with Crippen LogP contribution in [0.15, 0.2) is 36.5 Å². The van der Waals surface area contributed by atoms with E-state index in [2.05, 4.69) is 50.3 Å². The van der Waals surface area contributed by atoms with Gasteiger partial charge in [0.25, 0.3) is 0 Å². The first-order valence-electron chi connectivity index (χ1n) is 21.2. The zero-order valence-corrected chi connectivity index (χ0v) is 35.4. The van der Waals surface area contributed by atoms with Gasteiger partial charge in [0.15, 0.2) is 0 Å². The number of unbranched alkanes of at least 4 members (excludes halogenated alkanes) is 19. The first-order valence-corrected chi connectivity index (χ1v) is 22.7. The number of carbonyl (C=O) groups excluding carboxylic acids is 1. The molecule has 2 unspecified atom stereocenters. The van der Waals surface area contributed by atoms with Gasteiger partial charge in [-0.15, -0.1) is 0 Å². The molecule has 8 nitrogen and oxygen atoms in total. The van der Waals surface area contributed by atoms with Crippen molar-refractivity contribution >= 4 is 13.8 Å². The lowest BCUT2D eigenvalue weighted by atomic mass is 10.1. The molecule has 0 aliphatic carbocycles. The highest BCUT2D eigenvalue weighted by Gasteiger charge is 2.26. The molecule has 0 amide bonds. The normalized spacial score (nSPS) is 14.2. The Balaban J connectivity index is 4.28. The number of allylic oxidation sites excluding steroid dienone is 6. The van der Waals surface area contributed by atoms with Crippen LogP contribution in [0.3, 0.4) is 0 Å². The maximum atomic E-state index is 12.7. The van der Waals surface area contributed by atoms with E-state index in [0.717, 1.165) is 57.8 Å². The molecule has 0 heterocycles.